The van der Waals surface area contributed by atoms with E-state index in [1.54, 1.807) is 10.6 Å². The molecule has 94 valence electrons. The molecule has 0 saturated carbocycles. The summed E-state index contributed by atoms with van der Waals surface area (Å²) in [5.74, 6) is 0. The van der Waals surface area contributed by atoms with Crippen molar-refractivity contribution in [2.24, 2.45) is 0 Å². The number of nitrogen functional groups attached to an aromatic ring is 1. The van der Waals surface area contributed by atoms with Gasteiger partial charge in [-0.05, 0) is 29.1 Å². The number of hydrogen-bond acceptors (Lipinski definition) is 2. The van der Waals surface area contributed by atoms with Gasteiger partial charge in [0, 0.05) is 17.3 Å². The van der Waals surface area contributed by atoms with Crippen LogP contribution in [0.2, 0.25) is 0 Å². The monoisotopic (exact) mass is 250 g/mol. The molecule has 1 heterocycles. The van der Waals surface area contributed by atoms with Crippen LogP contribution in [0.3, 0.4) is 0 Å². The predicted octanol–water partition coefficient (Wildman–Crippen LogP) is 2.63. The summed E-state index contributed by atoms with van der Waals surface area (Å²) >= 11 is 0. The van der Waals surface area contributed by atoms with E-state index in [2.05, 4.69) is 0 Å². The second-order valence-corrected chi connectivity index (χ2v) is 4.58. The van der Waals surface area contributed by atoms with Gasteiger partial charge in [-0.3, -0.25) is 4.79 Å². The average Bonchev–Trinajstić information content (AvgIpc) is 2.44. The van der Waals surface area contributed by atoms with Gasteiger partial charge < -0.3 is 10.3 Å². The number of anilines is 1. The second-order valence-electron chi connectivity index (χ2n) is 4.58. The molecule has 0 aliphatic carbocycles. The van der Waals surface area contributed by atoms with Gasteiger partial charge in [-0.15, -0.1) is 0 Å². The van der Waals surface area contributed by atoms with Crippen molar-refractivity contribution in [3.8, 4) is 0 Å². The molecule has 0 aliphatic heterocycles. The molecular weight excluding hydrogens is 236 g/mol. The minimum absolute atomic E-state index is 0.00588. The molecule has 0 bridgehead atoms. The Morgan fingerprint density at radius 3 is 2.58 bits per heavy atom. The van der Waals surface area contributed by atoms with E-state index in [1.807, 2.05) is 54.7 Å². The number of rotatable bonds is 2. The Morgan fingerprint density at radius 1 is 1.00 bits per heavy atom. The summed E-state index contributed by atoms with van der Waals surface area (Å²) in [5.41, 5.74) is 7.46. The third kappa shape index (κ3) is 2.22. The Hall–Kier alpha value is -2.55. The Kier molecular flexibility index (Phi) is 2.80. The molecule has 3 rings (SSSR count). The van der Waals surface area contributed by atoms with Gasteiger partial charge in [-0.25, -0.2) is 0 Å². The molecule has 3 heteroatoms. The minimum atomic E-state index is -0.00588. The van der Waals surface area contributed by atoms with Gasteiger partial charge in [-0.2, -0.15) is 0 Å². The van der Waals surface area contributed by atoms with Crippen molar-refractivity contribution in [2.75, 3.05) is 5.73 Å². The first kappa shape index (κ1) is 11.5. The van der Waals surface area contributed by atoms with Crippen LogP contribution in [-0.4, -0.2) is 4.57 Å². The first-order valence-electron chi connectivity index (χ1n) is 6.17. The molecule has 2 aromatic carbocycles. The van der Waals surface area contributed by atoms with Crippen molar-refractivity contribution in [1.82, 2.24) is 4.57 Å². The van der Waals surface area contributed by atoms with Gasteiger partial charge in [0.05, 0.1) is 6.54 Å². The lowest BCUT2D eigenvalue weighted by Gasteiger charge is -2.07. The molecule has 0 radical (unpaired) electrons. The summed E-state index contributed by atoms with van der Waals surface area (Å²) in [6.45, 7) is 0.574. The number of aromatic nitrogens is 1. The van der Waals surface area contributed by atoms with Crippen LogP contribution in [-0.2, 0) is 6.54 Å². The Balaban J connectivity index is 2.10. The van der Waals surface area contributed by atoms with Gasteiger partial charge in [-0.1, -0.05) is 36.4 Å². The van der Waals surface area contributed by atoms with Crippen molar-refractivity contribution >= 4 is 16.5 Å². The third-order valence-electron chi connectivity index (χ3n) is 3.20. The molecule has 0 aliphatic rings. The average molecular weight is 250 g/mol. The number of benzene rings is 2. The molecule has 0 spiro atoms. The van der Waals surface area contributed by atoms with Gasteiger partial charge in [0.2, 0.25) is 0 Å². The number of nitrogens with zero attached hydrogens (tertiary/aromatic N) is 1. The summed E-state index contributed by atoms with van der Waals surface area (Å²) in [4.78, 5) is 12.4. The maximum atomic E-state index is 12.4. The van der Waals surface area contributed by atoms with Crippen LogP contribution in [0, 0.1) is 0 Å². The zero-order valence-corrected chi connectivity index (χ0v) is 10.4. The molecule has 0 fully saturated rings. The molecule has 0 unspecified atom stereocenters. The Labute approximate surface area is 110 Å². The summed E-state index contributed by atoms with van der Waals surface area (Å²) in [6.07, 6.45) is 1.83. The van der Waals surface area contributed by atoms with Gasteiger partial charge >= 0.3 is 0 Å². The van der Waals surface area contributed by atoms with E-state index in [9.17, 15) is 4.79 Å². The highest BCUT2D eigenvalue weighted by Gasteiger charge is 2.03. The summed E-state index contributed by atoms with van der Waals surface area (Å²) in [6, 6.07) is 17.3. The maximum Gasteiger partial charge on any atom is 0.258 e. The lowest BCUT2D eigenvalue weighted by Crippen LogP contribution is -2.20. The van der Waals surface area contributed by atoms with Crippen molar-refractivity contribution < 1.29 is 0 Å². The highest BCUT2D eigenvalue weighted by atomic mass is 16.1. The van der Waals surface area contributed by atoms with Gasteiger partial charge in [0.1, 0.15) is 0 Å². The molecule has 1 aromatic heterocycles. The first-order valence-corrected chi connectivity index (χ1v) is 6.17. The second kappa shape index (κ2) is 4.61. The molecule has 0 atom stereocenters. The van der Waals surface area contributed by atoms with E-state index in [-0.39, 0.29) is 5.56 Å². The number of fused-ring (bicyclic) bond motifs is 1. The topological polar surface area (TPSA) is 48.0 Å². The third-order valence-corrected chi connectivity index (χ3v) is 3.20. The predicted molar refractivity (Wildman–Crippen MR) is 78.2 cm³/mol. The van der Waals surface area contributed by atoms with Crippen LogP contribution < -0.4 is 11.3 Å². The molecule has 0 amide bonds. The highest BCUT2D eigenvalue weighted by molar-refractivity contribution is 5.84. The zero-order chi connectivity index (χ0) is 13.2. The Morgan fingerprint density at radius 2 is 1.79 bits per heavy atom. The van der Waals surface area contributed by atoms with Gasteiger partial charge in [0.25, 0.3) is 5.56 Å². The summed E-state index contributed by atoms with van der Waals surface area (Å²) in [7, 11) is 0. The van der Waals surface area contributed by atoms with Crippen LogP contribution in [0.15, 0.2) is 65.6 Å². The normalized spacial score (nSPS) is 10.7. The quantitative estimate of drug-likeness (QED) is 0.711. The van der Waals surface area contributed by atoms with E-state index in [0.29, 0.717) is 17.6 Å². The van der Waals surface area contributed by atoms with Crippen LogP contribution in [0.1, 0.15) is 5.56 Å². The maximum absolute atomic E-state index is 12.4. The molecular formula is C16H14N2O. The largest absolute Gasteiger partial charge is 0.399 e. The zero-order valence-electron chi connectivity index (χ0n) is 10.4. The molecule has 0 saturated heterocycles. The fourth-order valence-electron chi connectivity index (χ4n) is 2.20. The highest BCUT2D eigenvalue weighted by Crippen LogP contribution is 2.13. The van der Waals surface area contributed by atoms with Gasteiger partial charge in [0.15, 0.2) is 0 Å². The van der Waals surface area contributed by atoms with E-state index in [1.165, 1.54) is 0 Å². The van der Waals surface area contributed by atoms with E-state index in [0.717, 1.165) is 10.9 Å². The van der Waals surface area contributed by atoms with E-state index >= 15 is 0 Å². The van der Waals surface area contributed by atoms with Crippen molar-refractivity contribution in [2.45, 2.75) is 6.54 Å². The smallest absolute Gasteiger partial charge is 0.258 e. The van der Waals surface area contributed by atoms with Crippen LogP contribution in [0.4, 0.5) is 5.69 Å². The van der Waals surface area contributed by atoms with Crippen LogP contribution in [0.5, 0.6) is 0 Å². The fraction of sp³-hybridized carbons (Fsp3) is 0.0625. The standard InChI is InChI=1S/C16H14N2O/c17-14-7-6-13-8-9-18(16(19)15(13)10-14)11-12-4-2-1-3-5-12/h1-10H,11,17H2. The SMILES string of the molecule is Nc1ccc2ccn(Cc3ccccc3)c(=O)c2c1. The molecule has 2 N–H and O–H groups in total. The summed E-state index contributed by atoms with van der Waals surface area (Å²) in [5, 5.41) is 1.59. The van der Waals surface area contributed by atoms with Crippen molar-refractivity contribution in [3.05, 3.63) is 76.7 Å². The molecule has 3 aromatic rings. The number of hydrogen-bond donors (Lipinski definition) is 1. The van der Waals surface area contributed by atoms with Crippen LogP contribution in [0.25, 0.3) is 10.8 Å². The Bertz CT molecular complexity index is 776. The van der Waals surface area contributed by atoms with Crippen molar-refractivity contribution in [3.63, 3.8) is 0 Å². The van der Waals surface area contributed by atoms with Crippen molar-refractivity contribution in [1.29, 1.82) is 0 Å². The number of nitrogens with two attached hydrogens (primary N) is 1. The number of pyridine rings is 1. The fourth-order valence-corrected chi connectivity index (χ4v) is 2.20. The minimum Gasteiger partial charge on any atom is -0.399 e. The lowest BCUT2D eigenvalue weighted by molar-refractivity contribution is 0.768. The summed E-state index contributed by atoms with van der Waals surface area (Å²) < 4.78 is 1.71. The van der Waals surface area contributed by atoms with E-state index < -0.39 is 0 Å². The van der Waals surface area contributed by atoms with Crippen LogP contribution >= 0.6 is 0 Å². The van der Waals surface area contributed by atoms with E-state index in [4.69, 9.17) is 5.73 Å². The molecule has 3 nitrogen and oxygen atoms in total. The first-order chi connectivity index (χ1) is 9.24. The lowest BCUT2D eigenvalue weighted by atomic mass is 10.1. The molecule has 19 heavy (non-hydrogen) atoms.